The summed E-state index contributed by atoms with van der Waals surface area (Å²) in [6, 6.07) is 5.26. The SMILES string of the molecule is Cc1cc2[c](cn1)[Sn][N]=C2c1ccnc(F)c1. The monoisotopic (exact) mass is 333 g/mol. The molecule has 17 heavy (non-hydrogen) atoms. The molecule has 2 aromatic heterocycles. The Morgan fingerprint density at radius 2 is 2.12 bits per heavy atom. The average Bonchev–Trinajstić information content (AvgIpc) is 2.71. The molecular formula is C12H8FN3Sn. The quantitative estimate of drug-likeness (QED) is 0.578. The average molecular weight is 332 g/mol. The molecule has 0 saturated carbocycles. The molecule has 2 radical (unpaired) electrons. The molecule has 0 fully saturated rings. The molecule has 0 bridgehead atoms. The van der Waals surface area contributed by atoms with Crippen LogP contribution < -0.4 is 3.58 Å². The van der Waals surface area contributed by atoms with Crippen molar-refractivity contribution in [2.45, 2.75) is 6.92 Å². The molecule has 0 unspecified atom stereocenters. The number of rotatable bonds is 1. The standard InChI is InChI=1S/C12H8FN3.Sn/c1-8-6-9(2-4-15-8)12(14)10-3-5-16-11(13)7-10;/h3-7H,1H3;/q-1;+1. The Morgan fingerprint density at radius 3 is 2.94 bits per heavy atom. The van der Waals surface area contributed by atoms with Crippen molar-refractivity contribution in [3.8, 4) is 0 Å². The summed E-state index contributed by atoms with van der Waals surface area (Å²) in [4.78, 5) is 7.84. The van der Waals surface area contributed by atoms with E-state index >= 15 is 0 Å². The molecular weight excluding hydrogens is 324 g/mol. The normalized spacial score (nSPS) is 13.4. The molecule has 3 heterocycles. The second-order valence-corrected chi connectivity index (χ2v) is 6.62. The first-order valence-electron chi connectivity index (χ1n) is 5.17. The van der Waals surface area contributed by atoms with Gasteiger partial charge in [-0.3, -0.25) is 0 Å². The zero-order valence-corrected chi connectivity index (χ0v) is 12.0. The summed E-state index contributed by atoms with van der Waals surface area (Å²) >= 11 is -0.927. The van der Waals surface area contributed by atoms with Gasteiger partial charge in [0.15, 0.2) is 0 Å². The number of hydrogen-bond acceptors (Lipinski definition) is 3. The summed E-state index contributed by atoms with van der Waals surface area (Å²) in [7, 11) is 0. The number of aryl methyl sites for hydroxylation is 1. The van der Waals surface area contributed by atoms with Crippen LogP contribution in [0.5, 0.6) is 0 Å². The number of fused-ring (bicyclic) bond motifs is 1. The molecule has 0 saturated heterocycles. The van der Waals surface area contributed by atoms with Crippen molar-refractivity contribution in [2.75, 3.05) is 0 Å². The van der Waals surface area contributed by atoms with Gasteiger partial charge in [-0.25, -0.2) is 0 Å². The van der Waals surface area contributed by atoms with Crippen LogP contribution in [0, 0.1) is 12.9 Å². The maximum absolute atomic E-state index is 13.1. The van der Waals surface area contributed by atoms with Gasteiger partial charge in [-0.2, -0.15) is 0 Å². The van der Waals surface area contributed by atoms with Gasteiger partial charge in [-0.15, -0.1) is 0 Å². The van der Waals surface area contributed by atoms with Crippen LogP contribution in [0.15, 0.2) is 33.8 Å². The van der Waals surface area contributed by atoms with E-state index in [1.54, 1.807) is 6.07 Å². The summed E-state index contributed by atoms with van der Waals surface area (Å²) in [6.45, 7) is 1.95. The van der Waals surface area contributed by atoms with Crippen molar-refractivity contribution >= 4 is 30.7 Å². The van der Waals surface area contributed by atoms with Gasteiger partial charge in [-0.05, 0) is 0 Å². The molecule has 5 heteroatoms. The summed E-state index contributed by atoms with van der Waals surface area (Å²) in [5.41, 5.74) is 3.79. The number of aromatic nitrogens is 2. The fourth-order valence-electron chi connectivity index (χ4n) is 1.79. The molecule has 2 aromatic rings. The molecule has 0 spiro atoms. The fraction of sp³-hybridized carbons (Fsp3) is 0.0833. The summed E-state index contributed by atoms with van der Waals surface area (Å²) in [5, 5.41) is 0. The van der Waals surface area contributed by atoms with E-state index in [0.29, 0.717) is 0 Å². The first-order valence-corrected chi connectivity index (χ1v) is 7.87. The Labute approximate surface area is 108 Å². The Morgan fingerprint density at radius 1 is 1.24 bits per heavy atom. The van der Waals surface area contributed by atoms with E-state index in [4.69, 9.17) is 0 Å². The molecule has 0 N–H and O–H groups in total. The van der Waals surface area contributed by atoms with Crippen LogP contribution in [0.1, 0.15) is 16.8 Å². The third kappa shape index (κ3) is 1.97. The molecule has 3 nitrogen and oxygen atoms in total. The van der Waals surface area contributed by atoms with Gasteiger partial charge >= 0.3 is 109 Å². The molecule has 3 rings (SSSR count). The third-order valence-corrected chi connectivity index (χ3v) is 5.37. The van der Waals surface area contributed by atoms with Gasteiger partial charge in [0.2, 0.25) is 0 Å². The summed E-state index contributed by atoms with van der Waals surface area (Å²) < 4.78 is 19.0. The molecule has 0 aromatic carbocycles. The predicted octanol–water partition coefficient (Wildman–Crippen LogP) is 1.02. The van der Waals surface area contributed by atoms with Gasteiger partial charge in [-0.1, -0.05) is 0 Å². The first-order chi connectivity index (χ1) is 8.24. The minimum absolute atomic E-state index is 0.463. The van der Waals surface area contributed by atoms with E-state index in [1.165, 1.54) is 15.8 Å². The molecule has 1 aliphatic rings. The van der Waals surface area contributed by atoms with Gasteiger partial charge < -0.3 is 0 Å². The van der Waals surface area contributed by atoms with Gasteiger partial charge in [0.1, 0.15) is 0 Å². The Hall–Kier alpha value is -1.30. The van der Waals surface area contributed by atoms with E-state index < -0.39 is 27.4 Å². The van der Waals surface area contributed by atoms with Crippen LogP contribution in [0.2, 0.25) is 0 Å². The summed E-state index contributed by atoms with van der Waals surface area (Å²) in [6.07, 6.45) is 3.38. The Balaban J connectivity index is 2.12. The second kappa shape index (κ2) is 4.18. The van der Waals surface area contributed by atoms with Gasteiger partial charge in [0.25, 0.3) is 0 Å². The van der Waals surface area contributed by atoms with Crippen LogP contribution in [0.4, 0.5) is 4.39 Å². The van der Waals surface area contributed by atoms with Crippen LogP contribution >= 0.6 is 0 Å². The minimum atomic E-state index is -0.927. The molecule has 0 aliphatic carbocycles. The van der Waals surface area contributed by atoms with E-state index in [9.17, 15) is 4.39 Å². The topological polar surface area (TPSA) is 38.1 Å². The zero-order chi connectivity index (χ0) is 11.8. The van der Waals surface area contributed by atoms with Crippen molar-refractivity contribution in [1.29, 1.82) is 0 Å². The van der Waals surface area contributed by atoms with Gasteiger partial charge in [0.05, 0.1) is 0 Å². The fourth-order valence-corrected chi connectivity index (χ4v) is 4.40. The predicted molar refractivity (Wildman–Crippen MR) is 64.2 cm³/mol. The van der Waals surface area contributed by atoms with E-state index in [1.807, 2.05) is 19.2 Å². The number of pyridine rings is 2. The number of hydrogen-bond donors (Lipinski definition) is 0. The van der Waals surface area contributed by atoms with E-state index in [2.05, 4.69) is 13.2 Å². The van der Waals surface area contributed by atoms with Gasteiger partial charge in [0, 0.05) is 0 Å². The van der Waals surface area contributed by atoms with Crippen molar-refractivity contribution in [3.05, 3.63) is 53.4 Å². The van der Waals surface area contributed by atoms with Crippen LogP contribution in [-0.4, -0.2) is 37.1 Å². The molecule has 1 aliphatic heterocycles. The number of nitrogens with zero attached hydrogens (tertiary/aromatic N) is 3. The first kappa shape index (κ1) is 10.8. The van der Waals surface area contributed by atoms with Crippen molar-refractivity contribution in [3.63, 3.8) is 0 Å². The van der Waals surface area contributed by atoms with E-state index in [0.717, 1.165) is 22.5 Å². The van der Waals surface area contributed by atoms with Crippen LogP contribution in [0.25, 0.3) is 0 Å². The van der Waals surface area contributed by atoms with Crippen molar-refractivity contribution < 1.29 is 4.39 Å². The summed E-state index contributed by atoms with van der Waals surface area (Å²) in [5.74, 6) is -0.463. The Kier molecular flexibility index (Phi) is 2.66. The third-order valence-electron chi connectivity index (χ3n) is 2.58. The van der Waals surface area contributed by atoms with Crippen LogP contribution in [0.3, 0.4) is 0 Å². The van der Waals surface area contributed by atoms with E-state index in [-0.39, 0.29) is 0 Å². The maximum atomic E-state index is 13.1. The molecule has 0 atom stereocenters. The zero-order valence-electron chi connectivity index (χ0n) is 9.11. The molecule has 82 valence electrons. The Bertz CT molecular complexity index is 625. The molecule has 0 amide bonds. The number of halogens is 1. The second-order valence-electron chi connectivity index (χ2n) is 3.81. The van der Waals surface area contributed by atoms with Crippen LogP contribution in [-0.2, 0) is 0 Å². The van der Waals surface area contributed by atoms with Crippen molar-refractivity contribution in [2.24, 2.45) is 3.21 Å². The van der Waals surface area contributed by atoms with Crippen molar-refractivity contribution in [1.82, 2.24) is 9.97 Å².